The second-order valence-corrected chi connectivity index (χ2v) is 3.92. The van der Waals surface area contributed by atoms with Gasteiger partial charge in [0, 0.05) is 17.7 Å². The minimum absolute atomic E-state index is 0.0639. The van der Waals surface area contributed by atoms with Gasteiger partial charge >= 0.3 is 11.7 Å². The van der Waals surface area contributed by atoms with Gasteiger partial charge in [-0.25, -0.2) is 4.79 Å². The molecule has 1 atom stereocenters. The minimum Gasteiger partial charge on any atom is -0.490 e. The number of nitro groups is 1. The van der Waals surface area contributed by atoms with Crippen molar-refractivity contribution < 1.29 is 24.4 Å². The lowest BCUT2D eigenvalue weighted by Gasteiger charge is -2.12. The van der Waals surface area contributed by atoms with Crippen molar-refractivity contribution in [1.29, 1.82) is 0 Å². The number of rotatable bonds is 6. The van der Waals surface area contributed by atoms with Crippen LogP contribution in [-0.2, 0) is 4.79 Å². The van der Waals surface area contributed by atoms with Crippen molar-refractivity contribution in [3.8, 4) is 5.75 Å². The number of ether oxygens (including phenoxy) is 1. The number of hydrogen-bond donors (Lipinski definition) is 2. The van der Waals surface area contributed by atoms with Crippen LogP contribution in [-0.4, -0.2) is 35.1 Å². The summed E-state index contributed by atoms with van der Waals surface area (Å²) in [7, 11) is 1.25. The zero-order valence-electron chi connectivity index (χ0n) is 11.0. The Hall–Kier alpha value is -2.64. The molecule has 0 aliphatic rings. The number of nitrogens with zero attached hydrogens (tertiary/aromatic N) is 1. The molecule has 0 fully saturated rings. The first kappa shape index (κ1) is 15.4. The van der Waals surface area contributed by atoms with Crippen LogP contribution in [0.2, 0.25) is 0 Å². The summed E-state index contributed by atoms with van der Waals surface area (Å²) in [6, 6.07) is 2.56. The number of hydrogen-bond acceptors (Lipinski definition) is 5. The van der Waals surface area contributed by atoms with Gasteiger partial charge in [-0.05, 0) is 12.5 Å². The number of aliphatic carboxylic acids is 1. The molecule has 8 nitrogen and oxygen atoms in total. The van der Waals surface area contributed by atoms with E-state index in [4.69, 9.17) is 9.84 Å². The zero-order chi connectivity index (χ0) is 15.3. The molecular formula is C12H14N2O6. The van der Waals surface area contributed by atoms with Crippen molar-refractivity contribution in [3.05, 3.63) is 33.9 Å². The molecule has 108 valence electrons. The number of carboxylic acid groups (broad SMARTS) is 1. The third-order valence-electron chi connectivity index (χ3n) is 2.65. The smallest absolute Gasteiger partial charge is 0.326 e. The molecule has 1 aromatic rings. The van der Waals surface area contributed by atoms with Crippen LogP contribution in [0.25, 0.3) is 0 Å². The van der Waals surface area contributed by atoms with Crippen LogP contribution in [0.1, 0.15) is 23.7 Å². The first-order chi connectivity index (χ1) is 9.40. The minimum atomic E-state index is -1.14. The van der Waals surface area contributed by atoms with Gasteiger partial charge in [0.05, 0.1) is 12.0 Å². The van der Waals surface area contributed by atoms with E-state index in [2.05, 4.69) is 5.32 Å². The standard InChI is InChI=1S/C12H14N2O6/c1-3-8(12(16)17)13-11(15)7-4-5-9(14(18)19)10(6-7)20-2/h4-6,8H,3H2,1-2H3,(H,13,15)(H,16,17)/t8-/m1/s1. The lowest BCUT2D eigenvalue weighted by Crippen LogP contribution is -2.40. The molecule has 0 aromatic heterocycles. The number of methoxy groups -OCH3 is 1. The number of nitro benzene ring substituents is 1. The number of carbonyl (C=O) groups excluding carboxylic acids is 1. The van der Waals surface area contributed by atoms with E-state index in [1.54, 1.807) is 6.92 Å². The average molecular weight is 282 g/mol. The molecule has 2 N–H and O–H groups in total. The molecule has 20 heavy (non-hydrogen) atoms. The Kier molecular flexibility index (Phi) is 5.01. The maximum atomic E-state index is 11.9. The summed E-state index contributed by atoms with van der Waals surface area (Å²) >= 11 is 0. The van der Waals surface area contributed by atoms with Gasteiger partial charge in [0.15, 0.2) is 5.75 Å². The predicted octanol–water partition coefficient (Wildman–Crippen LogP) is 1.20. The lowest BCUT2D eigenvalue weighted by atomic mass is 10.1. The topological polar surface area (TPSA) is 119 Å². The molecule has 0 unspecified atom stereocenters. The Labute approximate surface area is 114 Å². The molecule has 1 aromatic carbocycles. The summed E-state index contributed by atoms with van der Waals surface area (Å²) in [6.45, 7) is 1.62. The number of nitrogens with one attached hydrogen (secondary N) is 1. The molecule has 0 radical (unpaired) electrons. The maximum absolute atomic E-state index is 11.9. The fraction of sp³-hybridized carbons (Fsp3) is 0.333. The van der Waals surface area contributed by atoms with Crippen LogP contribution >= 0.6 is 0 Å². The monoisotopic (exact) mass is 282 g/mol. The third kappa shape index (κ3) is 3.44. The van der Waals surface area contributed by atoms with E-state index in [0.29, 0.717) is 0 Å². The highest BCUT2D eigenvalue weighted by Gasteiger charge is 2.21. The Balaban J connectivity index is 3.00. The van der Waals surface area contributed by atoms with E-state index in [1.165, 1.54) is 19.2 Å². The molecule has 0 saturated carbocycles. The second kappa shape index (κ2) is 6.50. The maximum Gasteiger partial charge on any atom is 0.326 e. The number of amides is 1. The van der Waals surface area contributed by atoms with E-state index in [1.807, 2.05) is 0 Å². The van der Waals surface area contributed by atoms with Gasteiger partial charge < -0.3 is 15.2 Å². The number of benzene rings is 1. The highest BCUT2D eigenvalue weighted by molar-refractivity contribution is 5.97. The fourth-order valence-corrected chi connectivity index (χ4v) is 1.55. The summed E-state index contributed by atoms with van der Waals surface area (Å²) in [6.07, 6.45) is 0.227. The second-order valence-electron chi connectivity index (χ2n) is 3.92. The molecule has 8 heteroatoms. The Bertz CT molecular complexity index is 543. The van der Waals surface area contributed by atoms with Crippen LogP contribution in [0.15, 0.2) is 18.2 Å². The summed E-state index contributed by atoms with van der Waals surface area (Å²) < 4.78 is 4.84. The first-order valence-corrected chi connectivity index (χ1v) is 5.76. The predicted molar refractivity (Wildman–Crippen MR) is 68.8 cm³/mol. The quantitative estimate of drug-likeness (QED) is 0.597. The molecule has 0 aliphatic heterocycles. The van der Waals surface area contributed by atoms with Gasteiger partial charge in [0.2, 0.25) is 0 Å². The van der Waals surface area contributed by atoms with Gasteiger partial charge in [0.25, 0.3) is 5.91 Å². The van der Waals surface area contributed by atoms with E-state index < -0.39 is 22.8 Å². The SMILES string of the molecule is CC[C@@H](NC(=O)c1ccc([N+](=O)[O-])c(OC)c1)C(=O)O. The molecule has 0 heterocycles. The Morgan fingerprint density at radius 2 is 2.15 bits per heavy atom. The number of carbonyl (C=O) groups is 2. The van der Waals surface area contributed by atoms with E-state index in [-0.39, 0.29) is 23.4 Å². The summed E-state index contributed by atoms with van der Waals surface area (Å²) in [5.74, 6) is -1.84. The highest BCUT2D eigenvalue weighted by atomic mass is 16.6. The van der Waals surface area contributed by atoms with Gasteiger partial charge in [-0.2, -0.15) is 0 Å². The first-order valence-electron chi connectivity index (χ1n) is 5.76. The molecule has 0 bridgehead atoms. The van der Waals surface area contributed by atoms with Crippen LogP contribution in [0, 0.1) is 10.1 Å². The molecule has 0 saturated heterocycles. The van der Waals surface area contributed by atoms with Crippen LogP contribution < -0.4 is 10.1 Å². The lowest BCUT2D eigenvalue weighted by molar-refractivity contribution is -0.385. The van der Waals surface area contributed by atoms with Crippen molar-refractivity contribution in [1.82, 2.24) is 5.32 Å². The normalized spacial score (nSPS) is 11.5. The van der Waals surface area contributed by atoms with Crippen molar-refractivity contribution >= 4 is 17.6 Å². The van der Waals surface area contributed by atoms with Crippen molar-refractivity contribution in [2.75, 3.05) is 7.11 Å². The fourth-order valence-electron chi connectivity index (χ4n) is 1.55. The molecular weight excluding hydrogens is 268 g/mol. The van der Waals surface area contributed by atoms with Crippen LogP contribution in [0.3, 0.4) is 0 Å². The van der Waals surface area contributed by atoms with Gasteiger partial charge in [-0.1, -0.05) is 6.92 Å². The van der Waals surface area contributed by atoms with Crippen molar-refractivity contribution in [2.24, 2.45) is 0 Å². The summed E-state index contributed by atoms with van der Waals surface area (Å²) in [5.41, 5.74) is -0.179. The van der Waals surface area contributed by atoms with Crippen molar-refractivity contribution in [2.45, 2.75) is 19.4 Å². The van der Waals surface area contributed by atoms with Gasteiger partial charge in [-0.15, -0.1) is 0 Å². The van der Waals surface area contributed by atoms with E-state index in [0.717, 1.165) is 6.07 Å². The zero-order valence-corrected chi connectivity index (χ0v) is 11.0. The van der Waals surface area contributed by atoms with E-state index >= 15 is 0 Å². The molecule has 0 spiro atoms. The van der Waals surface area contributed by atoms with Crippen LogP contribution in [0.5, 0.6) is 5.75 Å². The third-order valence-corrected chi connectivity index (χ3v) is 2.65. The van der Waals surface area contributed by atoms with Gasteiger partial charge in [0.1, 0.15) is 6.04 Å². The number of carboxylic acids is 1. The van der Waals surface area contributed by atoms with Crippen molar-refractivity contribution in [3.63, 3.8) is 0 Å². The molecule has 1 amide bonds. The van der Waals surface area contributed by atoms with Crippen LogP contribution in [0.4, 0.5) is 5.69 Å². The largest absolute Gasteiger partial charge is 0.490 e. The highest BCUT2D eigenvalue weighted by Crippen LogP contribution is 2.27. The Morgan fingerprint density at radius 3 is 2.60 bits per heavy atom. The van der Waals surface area contributed by atoms with Gasteiger partial charge in [-0.3, -0.25) is 14.9 Å². The molecule has 1 rings (SSSR count). The molecule has 0 aliphatic carbocycles. The Morgan fingerprint density at radius 1 is 1.50 bits per heavy atom. The van der Waals surface area contributed by atoms with E-state index in [9.17, 15) is 19.7 Å². The average Bonchev–Trinajstić information content (AvgIpc) is 2.43. The summed E-state index contributed by atoms with van der Waals surface area (Å²) in [5, 5.41) is 21.9. The summed E-state index contributed by atoms with van der Waals surface area (Å²) in [4.78, 5) is 32.8.